The SMILES string of the molecule is CCCC(=NOCC)C1C(=NOCC)CC(CC(C)SCC)CC1=NOCC. The fourth-order valence-corrected chi connectivity index (χ4v) is 4.56. The van der Waals surface area contributed by atoms with Gasteiger partial charge >= 0.3 is 0 Å². The Hall–Kier alpha value is -1.24. The highest BCUT2D eigenvalue weighted by Crippen LogP contribution is 2.33. The molecule has 0 N–H and O–H groups in total. The predicted octanol–water partition coefficient (Wildman–Crippen LogP) is 5.52. The highest BCUT2D eigenvalue weighted by Gasteiger charge is 2.37. The van der Waals surface area contributed by atoms with Crippen LogP contribution < -0.4 is 0 Å². The first kappa shape index (κ1) is 24.8. The minimum Gasteiger partial charge on any atom is -0.396 e. The van der Waals surface area contributed by atoms with Gasteiger partial charge in [0, 0.05) is 5.25 Å². The molecule has 1 unspecified atom stereocenters. The van der Waals surface area contributed by atoms with Gasteiger partial charge in [-0.05, 0) is 58.1 Å². The van der Waals surface area contributed by atoms with Crippen molar-refractivity contribution in [2.24, 2.45) is 27.3 Å². The zero-order chi connectivity index (χ0) is 20.8. The lowest BCUT2D eigenvalue weighted by Crippen LogP contribution is -2.40. The van der Waals surface area contributed by atoms with Gasteiger partial charge in [-0.3, -0.25) is 0 Å². The third-order valence-corrected chi connectivity index (χ3v) is 5.65. The molecule has 0 saturated heterocycles. The first-order valence-electron chi connectivity index (χ1n) is 10.8. The normalized spacial score (nSPS) is 24.4. The Kier molecular flexibility index (Phi) is 13.0. The number of nitrogens with zero attached hydrogens (tertiary/aromatic N) is 3. The topological polar surface area (TPSA) is 64.8 Å². The molecule has 7 heteroatoms. The average Bonchev–Trinajstić information content (AvgIpc) is 2.68. The monoisotopic (exact) mass is 413 g/mol. The third kappa shape index (κ3) is 8.41. The summed E-state index contributed by atoms with van der Waals surface area (Å²) in [5.74, 6) is 1.53. The minimum atomic E-state index is -0.0880. The Morgan fingerprint density at radius 1 is 0.964 bits per heavy atom. The largest absolute Gasteiger partial charge is 0.396 e. The Morgan fingerprint density at radius 2 is 1.54 bits per heavy atom. The van der Waals surface area contributed by atoms with Gasteiger partial charge in [0.25, 0.3) is 0 Å². The number of hydrogen-bond acceptors (Lipinski definition) is 7. The highest BCUT2D eigenvalue weighted by atomic mass is 32.2. The van der Waals surface area contributed by atoms with Crippen LogP contribution in [0, 0.1) is 11.8 Å². The van der Waals surface area contributed by atoms with Crippen LogP contribution in [0.3, 0.4) is 0 Å². The van der Waals surface area contributed by atoms with Crippen molar-refractivity contribution in [3.05, 3.63) is 0 Å². The van der Waals surface area contributed by atoms with E-state index in [0.29, 0.717) is 31.0 Å². The van der Waals surface area contributed by atoms with Gasteiger partial charge in [0.1, 0.15) is 19.8 Å². The molecule has 1 rings (SSSR count). The van der Waals surface area contributed by atoms with E-state index in [9.17, 15) is 0 Å². The number of hydrogen-bond donors (Lipinski definition) is 0. The molecule has 6 nitrogen and oxygen atoms in total. The molecular weight excluding hydrogens is 374 g/mol. The van der Waals surface area contributed by atoms with Crippen LogP contribution >= 0.6 is 11.8 Å². The lowest BCUT2D eigenvalue weighted by Gasteiger charge is -2.32. The summed E-state index contributed by atoms with van der Waals surface area (Å²) in [6, 6.07) is 0. The molecule has 0 aromatic rings. The predicted molar refractivity (Wildman–Crippen MR) is 121 cm³/mol. The first-order valence-corrected chi connectivity index (χ1v) is 11.8. The molecule has 1 aliphatic carbocycles. The molecule has 0 amide bonds. The van der Waals surface area contributed by atoms with Crippen molar-refractivity contribution in [3.63, 3.8) is 0 Å². The van der Waals surface area contributed by atoms with Crippen LogP contribution in [-0.4, -0.2) is 48.0 Å². The average molecular weight is 414 g/mol. The number of rotatable bonds is 13. The Bertz CT molecular complexity index is 497. The van der Waals surface area contributed by atoms with E-state index in [1.807, 2.05) is 32.5 Å². The van der Waals surface area contributed by atoms with Gasteiger partial charge in [0.2, 0.25) is 0 Å². The van der Waals surface area contributed by atoms with Crippen LogP contribution in [-0.2, 0) is 14.5 Å². The maximum Gasteiger partial charge on any atom is 0.114 e. The van der Waals surface area contributed by atoms with E-state index in [0.717, 1.165) is 55.0 Å². The van der Waals surface area contributed by atoms with Crippen molar-refractivity contribution in [2.45, 2.75) is 78.9 Å². The van der Waals surface area contributed by atoms with Crippen LogP contribution in [0.25, 0.3) is 0 Å². The summed E-state index contributed by atoms with van der Waals surface area (Å²) in [5.41, 5.74) is 2.96. The molecule has 1 fully saturated rings. The number of thioether (sulfide) groups is 1. The smallest absolute Gasteiger partial charge is 0.114 e. The summed E-state index contributed by atoms with van der Waals surface area (Å²) in [6.07, 6.45) is 4.76. The zero-order valence-electron chi connectivity index (χ0n) is 18.6. The molecule has 0 spiro atoms. The van der Waals surface area contributed by atoms with E-state index in [-0.39, 0.29) is 5.92 Å². The van der Waals surface area contributed by atoms with E-state index < -0.39 is 0 Å². The van der Waals surface area contributed by atoms with Crippen molar-refractivity contribution in [2.75, 3.05) is 25.6 Å². The second kappa shape index (κ2) is 14.7. The van der Waals surface area contributed by atoms with Gasteiger partial charge in [-0.1, -0.05) is 42.7 Å². The lowest BCUT2D eigenvalue weighted by atomic mass is 9.74. The fourth-order valence-electron chi connectivity index (χ4n) is 3.59. The minimum absolute atomic E-state index is 0.0880. The summed E-state index contributed by atoms with van der Waals surface area (Å²) in [5, 5.41) is 14.0. The van der Waals surface area contributed by atoms with E-state index in [4.69, 9.17) is 14.5 Å². The second-order valence-electron chi connectivity index (χ2n) is 6.96. The van der Waals surface area contributed by atoms with Crippen molar-refractivity contribution in [3.8, 4) is 0 Å². The van der Waals surface area contributed by atoms with E-state index in [2.05, 4.69) is 36.2 Å². The second-order valence-corrected chi connectivity index (χ2v) is 8.68. The summed E-state index contributed by atoms with van der Waals surface area (Å²) in [4.78, 5) is 16.4. The summed E-state index contributed by atoms with van der Waals surface area (Å²) < 4.78 is 0. The summed E-state index contributed by atoms with van der Waals surface area (Å²) in [7, 11) is 0. The van der Waals surface area contributed by atoms with Crippen molar-refractivity contribution < 1.29 is 14.5 Å². The van der Waals surface area contributed by atoms with Gasteiger partial charge < -0.3 is 14.5 Å². The maximum absolute atomic E-state index is 5.48. The van der Waals surface area contributed by atoms with E-state index in [1.54, 1.807) is 0 Å². The van der Waals surface area contributed by atoms with Crippen LogP contribution in [0.1, 0.15) is 73.6 Å². The molecule has 1 atom stereocenters. The molecule has 28 heavy (non-hydrogen) atoms. The van der Waals surface area contributed by atoms with Gasteiger partial charge in [0.15, 0.2) is 0 Å². The standard InChI is InChI=1S/C21H39N3O3S/c1-7-12-18(22-25-8-2)21-19(23-26-9-3)14-17(13-16(6)28-11-5)15-20(21)24-27-10-4/h16-17,21H,7-15H2,1-6H3. The molecule has 162 valence electrons. The van der Waals surface area contributed by atoms with Gasteiger partial charge in [-0.25, -0.2) is 0 Å². The fraction of sp³-hybridized carbons (Fsp3) is 0.857. The Balaban J connectivity index is 3.22. The maximum atomic E-state index is 5.48. The van der Waals surface area contributed by atoms with Gasteiger partial charge in [0.05, 0.1) is 23.1 Å². The molecule has 0 aromatic heterocycles. The van der Waals surface area contributed by atoms with Gasteiger partial charge in [-0.2, -0.15) is 11.8 Å². The summed E-state index contributed by atoms with van der Waals surface area (Å²) >= 11 is 2.00. The molecule has 0 bridgehead atoms. The molecular formula is C21H39N3O3S. The molecule has 0 radical (unpaired) electrons. The lowest BCUT2D eigenvalue weighted by molar-refractivity contribution is 0.150. The van der Waals surface area contributed by atoms with Crippen molar-refractivity contribution >= 4 is 28.9 Å². The Morgan fingerprint density at radius 3 is 2.00 bits per heavy atom. The molecule has 0 aromatic carbocycles. The van der Waals surface area contributed by atoms with Crippen LogP contribution in [0.5, 0.6) is 0 Å². The van der Waals surface area contributed by atoms with Crippen LogP contribution in [0.15, 0.2) is 15.5 Å². The zero-order valence-corrected chi connectivity index (χ0v) is 19.4. The third-order valence-electron chi connectivity index (χ3n) is 4.55. The van der Waals surface area contributed by atoms with Gasteiger partial charge in [-0.15, -0.1) is 0 Å². The van der Waals surface area contributed by atoms with E-state index >= 15 is 0 Å². The van der Waals surface area contributed by atoms with E-state index in [1.165, 1.54) is 0 Å². The molecule has 0 aliphatic heterocycles. The van der Waals surface area contributed by atoms with Crippen LogP contribution in [0.4, 0.5) is 0 Å². The molecule has 1 aliphatic rings. The quantitative estimate of drug-likeness (QED) is 0.294. The Labute approximate surface area is 175 Å². The van der Waals surface area contributed by atoms with Crippen molar-refractivity contribution in [1.82, 2.24) is 0 Å². The first-order chi connectivity index (χ1) is 13.6. The highest BCUT2D eigenvalue weighted by molar-refractivity contribution is 7.99. The molecule has 0 heterocycles. The van der Waals surface area contributed by atoms with Crippen molar-refractivity contribution in [1.29, 1.82) is 0 Å². The summed E-state index contributed by atoms with van der Waals surface area (Å²) in [6.45, 7) is 14.2. The number of oxime groups is 3. The van der Waals surface area contributed by atoms with Crippen LogP contribution in [0.2, 0.25) is 0 Å². The molecule has 1 saturated carbocycles.